The lowest BCUT2D eigenvalue weighted by atomic mass is 10.0. The average Bonchev–Trinajstić information content (AvgIpc) is 2.60. The van der Waals surface area contributed by atoms with Gasteiger partial charge in [0.25, 0.3) is 0 Å². The molecule has 0 radical (unpaired) electrons. The van der Waals surface area contributed by atoms with Crippen LogP contribution < -0.4 is 10.0 Å². The van der Waals surface area contributed by atoms with Crippen molar-refractivity contribution in [3.63, 3.8) is 0 Å². The highest BCUT2D eigenvalue weighted by atomic mass is 32.2. The van der Waals surface area contributed by atoms with Crippen LogP contribution in [-0.2, 0) is 19.6 Å². The zero-order valence-electron chi connectivity index (χ0n) is 12.3. The van der Waals surface area contributed by atoms with Crippen LogP contribution in [0.25, 0.3) is 0 Å². The first-order valence-corrected chi connectivity index (χ1v) is 8.70. The Labute approximate surface area is 133 Å². The Morgan fingerprint density at radius 1 is 1.30 bits per heavy atom. The Bertz CT molecular complexity index is 763. The van der Waals surface area contributed by atoms with Gasteiger partial charge >= 0.3 is 5.97 Å². The van der Waals surface area contributed by atoms with Crippen molar-refractivity contribution in [2.75, 3.05) is 18.4 Å². The fourth-order valence-electron chi connectivity index (χ4n) is 3.01. The molecule has 3 rings (SSSR count). The van der Waals surface area contributed by atoms with Crippen LogP contribution in [0.15, 0.2) is 29.2 Å². The van der Waals surface area contributed by atoms with Gasteiger partial charge in [0, 0.05) is 19.4 Å². The minimum atomic E-state index is -3.68. The second kappa shape index (κ2) is 5.50. The molecule has 0 bridgehead atoms. The summed E-state index contributed by atoms with van der Waals surface area (Å²) < 4.78 is 27.5. The van der Waals surface area contributed by atoms with Crippen molar-refractivity contribution in [1.29, 1.82) is 0 Å². The van der Waals surface area contributed by atoms with Gasteiger partial charge in [-0.05, 0) is 18.6 Å². The molecule has 0 saturated carbocycles. The number of hydrogen-bond acceptors (Lipinski definition) is 5. The predicted molar refractivity (Wildman–Crippen MR) is 81.2 cm³/mol. The molecular formula is C14H17N3O5S. The highest BCUT2D eigenvalue weighted by molar-refractivity contribution is 7.89. The van der Waals surface area contributed by atoms with E-state index < -0.39 is 21.7 Å². The van der Waals surface area contributed by atoms with Crippen LogP contribution in [0.5, 0.6) is 0 Å². The highest BCUT2D eigenvalue weighted by Crippen LogP contribution is 2.34. The van der Waals surface area contributed by atoms with Crippen LogP contribution in [0.3, 0.4) is 0 Å². The molecule has 23 heavy (non-hydrogen) atoms. The van der Waals surface area contributed by atoms with Crippen molar-refractivity contribution in [3.8, 4) is 0 Å². The molecule has 1 unspecified atom stereocenters. The minimum absolute atomic E-state index is 0.0744. The quantitative estimate of drug-likeness (QED) is 0.708. The van der Waals surface area contributed by atoms with Gasteiger partial charge < -0.3 is 15.3 Å². The topological polar surface area (TPSA) is 116 Å². The Balaban J connectivity index is 1.89. The van der Waals surface area contributed by atoms with Gasteiger partial charge in [0.05, 0.1) is 5.69 Å². The number of likely N-dealkylation sites (tertiary alicyclic amines) is 1. The molecule has 1 spiro atoms. The van der Waals surface area contributed by atoms with E-state index in [0.29, 0.717) is 12.1 Å². The second-order valence-corrected chi connectivity index (χ2v) is 7.42. The van der Waals surface area contributed by atoms with Crippen LogP contribution in [0.4, 0.5) is 5.69 Å². The molecule has 1 aromatic rings. The van der Waals surface area contributed by atoms with Gasteiger partial charge in [0.2, 0.25) is 15.9 Å². The summed E-state index contributed by atoms with van der Waals surface area (Å²) in [6, 6.07) is 6.56. The molecule has 1 fully saturated rings. The van der Waals surface area contributed by atoms with E-state index in [2.05, 4.69) is 10.0 Å². The van der Waals surface area contributed by atoms with Gasteiger partial charge in [-0.2, -0.15) is 4.72 Å². The number of anilines is 1. The first kappa shape index (κ1) is 15.8. The first-order chi connectivity index (χ1) is 10.8. The molecule has 1 atom stereocenters. The number of fused-ring (bicyclic) bond motifs is 1. The molecule has 0 aliphatic carbocycles. The number of benzene rings is 1. The molecule has 1 aromatic carbocycles. The zero-order chi connectivity index (χ0) is 16.7. The number of carboxylic acids is 1. The number of amides is 1. The van der Waals surface area contributed by atoms with Crippen LogP contribution >= 0.6 is 0 Å². The number of para-hydroxylation sites is 1. The number of carbonyl (C=O) groups is 2. The first-order valence-electron chi connectivity index (χ1n) is 7.22. The monoisotopic (exact) mass is 339 g/mol. The van der Waals surface area contributed by atoms with Crippen LogP contribution in [0.2, 0.25) is 0 Å². The Hall–Kier alpha value is -2.13. The molecular weight excluding hydrogens is 322 g/mol. The van der Waals surface area contributed by atoms with Crippen molar-refractivity contribution in [2.45, 2.75) is 29.8 Å². The van der Waals surface area contributed by atoms with Gasteiger partial charge in [-0.25, -0.2) is 8.42 Å². The molecule has 2 aliphatic rings. The SMILES string of the molecule is O=C(O)CN1CCC2(CCC1=O)Nc1ccccc1S(=O)(=O)N2. The van der Waals surface area contributed by atoms with E-state index >= 15 is 0 Å². The molecule has 0 aromatic heterocycles. The molecule has 3 N–H and O–H groups in total. The summed E-state index contributed by atoms with van der Waals surface area (Å²) in [4.78, 5) is 24.3. The summed E-state index contributed by atoms with van der Waals surface area (Å²) in [5, 5.41) is 12.1. The lowest BCUT2D eigenvalue weighted by Gasteiger charge is -2.39. The normalized spacial score (nSPS) is 26.3. The van der Waals surface area contributed by atoms with E-state index in [0.717, 1.165) is 0 Å². The van der Waals surface area contributed by atoms with Gasteiger partial charge in [0.1, 0.15) is 17.1 Å². The molecule has 9 heteroatoms. The van der Waals surface area contributed by atoms with E-state index in [-0.39, 0.29) is 36.7 Å². The molecule has 1 amide bonds. The molecule has 2 aliphatic heterocycles. The molecule has 1 saturated heterocycles. The van der Waals surface area contributed by atoms with E-state index in [1.807, 2.05) is 0 Å². The highest BCUT2D eigenvalue weighted by Gasteiger charge is 2.43. The maximum atomic E-state index is 12.5. The molecule has 8 nitrogen and oxygen atoms in total. The van der Waals surface area contributed by atoms with Crippen LogP contribution in [0.1, 0.15) is 19.3 Å². The number of rotatable bonds is 2. The summed E-state index contributed by atoms with van der Waals surface area (Å²) in [5.41, 5.74) is -0.485. The summed E-state index contributed by atoms with van der Waals surface area (Å²) in [6.45, 7) is -0.207. The number of nitrogens with one attached hydrogen (secondary N) is 2. The fraction of sp³-hybridized carbons (Fsp3) is 0.429. The number of carboxylic acid groups (broad SMARTS) is 1. The van der Waals surface area contributed by atoms with Crippen LogP contribution in [-0.4, -0.2) is 49.1 Å². The number of nitrogens with zero attached hydrogens (tertiary/aromatic N) is 1. The summed E-state index contributed by atoms with van der Waals surface area (Å²) >= 11 is 0. The summed E-state index contributed by atoms with van der Waals surface area (Å²) in [5.74, 6) is -1.37. The number of hydrogen-bond donors (Lipinski definition) is 3. The number of aliphatic carboxylic acids is 1. The standard InChI is InChI=1S/C14H17N3O5S/c18-12-5-6-14(7-8-17(12)9-13(19)20)15-10-3-1-2-4-11(10)23(21,22)16-14/h1-4,15-16H,5-9H2,(H,19,20). The lowest BCUT2D eigenvalue weighted by Crippen LogP contribution is -2.57. The number of sulfonamides is 1. The summed E-state index contributed by atoms with van der Waals surface area (Å²) in [7, 11) is -3.68. The van der Waals surface area contributed by atoms with E-state index in [4.69, 9.17) is 5.11 Å². The van der Waals surface area contributed by atoms with Gasteiger partial charge in [-0.1, -0.05) is 12.1 Å². The van der Waals surface area contributed by atoms with Gasteiger partial charge in [-0.3, -0.25) is 9.59 Å². The maximum Gasteiger partial charge on any atom is 0.323 e. The van der Waals surface area contributed by atoms with E-state index in [1.54, 1.807) is 18.2 Å². The predicted octanol–water partition coefficient (Wildman–Crippen LogP) is 0.184. The van der Waals surface area contributed by atoms with Crippen molar-refractivity contribution >= 4 is 27.6 Å². The zero-order valence-corrected chi connectivity index (χ0v) is 13.1. The Kier molecular flexibility index (Phi) is 3.77. The second-order valence-electron chi connectivity index (χ2n) is 5.77. The lowest BCUT2D eigenvalue weighted by molar-refractivity contribution is -0.144. The summed E-state index contributed by atoms with van der Waals surface area (Å²) in [6.07, 6.45) is 0.625. The third kappa shape index (κ3) is 3.02. The van der Waals surface area contributed by atoms with Crippen LogP contribution in [0, 0.1) is 0 Å². The fourth-order valence-corrected chi connectivity index (χ4v) is 4.56. The Morgan fingerprint density at radius 2 is 2.04 bits per heavy atom. The minimum Gasteiger partial charge on any atom is -0.480 e. The van der Waals surface area contributed by atoms with E-state index in [1.165, 1.54) is 11.0 Å². The van der Waals surface area contributed by atoms with Crippen molar-refractivity contribution in [1.82, 2.24) is 9.62 Å². The Morgan fingerprint density at radius 3 is 2.78 bits per heavy atom. The average molecular weight is 339 g/mol. The number of carbonyl (C=O) groups excluding carboxylic acids is 1. The molecule has 2 heterocycles. The third-order valence-electron chi connectivity index (χ3n) is 4.13. The van der Waals surface area contributed by atoms with Crippen molar-refractivity contribution in [2.24, 2.45) is 0 Å². The molecule has 124 valence electrons. The van der Waals surface area contributed by atoms with Crippen molar-refractivity contribution in [3.05, 3.63) is 24.3 Å². The largest absolute Gasteiger partial charge is 0.480 e. The third-order valence-corrected chi connectivity index (χ3v) is 5.73. The smallest absolute Gasteiger partial charge is 0.323 e. The van der Waals surface area contributed by atoms with Gasteiger partial charge in [0.15, 0.2) is 0 Å². The maximum absolute atomic E-state index is 12.5. The van der Waals surface area contributed by atoms with E-state index in [9.17, 15) is 18.0 Å². The van der Waals surface area contributed by atoms with Crippen molar-refractivity contribution < 1.29 is 23.1 Å². The van der Waals surface area contributed by atoms with Gasteiger partial charge in [-0.15, -0.1) is 0 Å².